The fourth-order valence-electron chi connectivity index (χ4n) is 2.08. The lowest BCUT2D eigenvalue weighted by Crippen LogP contribution is -2.37. The highest BCUT2D eigenvalue weighted by molar-refractivity contribution is 5.94. The van der Waals surface area contributed by atoms with Crippen LogP contribution in [0.2, 0.25) is 0 Å². The van der Waals surface area contributed by atoms with E-state index >= 15 is 0 Å². The van der Waals surface area contributed by atoms with Gasteiger partial charge in [0.25, 0.3) is 11.5 Å². The van der Waals surface area contributed by atoms with E-state index in [4.69, 9.17) is 5.73 Å². The molecule has 0 fully saturated rings. The number of nitrogens with zero attached hydrogens (tertiary/aromatic N) is 3. The molecular formula is C14H19N5O3. The molecule has 3 N–H and O–H groups in total. The molecule has 0 aromatic carbocycles. The molecule has 0 aliphatic rings. The lowest BCUT2D eigenvalue weighted by atomic mass is 10.2. The molecule has 0 aliphatic heterocycles. The minimum Gasteiger partial charge on any atom is -0.351 e. The third kappa shape index (κ3) is 2.91. The topological polar surface area (TPSA) is 112 Å². The SMILES string of the molecule is CC(N)CCNC(=O)c1ccc2c(=O)n(C)c(=O)n(C)c2n1. The first-order valence-corrected chi connectivity index (χ1v) is 6.93. The van der Waals surface area contributed by atoms with E-state index in [0.717, 1.165) is 4.57 Å². The van der Waals surface area contributed by atoms with Gasteiger partial charge in [0, 0.05) is 26.7 Å². The zero-order valence-corrected chi connectivity index (χ0v) is 12.8. The van der Waals surface area contributed by atoms with Crippen molar-refractivity contribution in [2.45, 2.75) is 19.4 Å². The summed E-state index contributed by atoms with van der Waals surface area (Å²) in [5.41, 5.74) is 5.04. The summed E-state index contributed by atoms with van der Waals surface area (Å²) in [7, 11) is 2.91. The second-order valence-electron chi connectivity index (χ2n) is 5.30. The number of amides is 1. The van der Waals surface area contributed by atoms with Gasteiger partial charge in [-0.3, -0.25) is 18.7 Å². The van der Waals surface area contributed by atoms with E-state index in [2.05, 4.69) is 10.3 Å². The van der Waals surface area contributed by atoms with Crippen LogP contribution >= 0.6 is 0 Å². The Morgan fingerprint density at radius 1 is 1.32 bits per heavy atom. The summed E-state index contributed by atoms with van der Waals surface area (Å²) in [6.07, 6.45) is 0.651. The van der Waals surface area contributed by atoms with Crippen LogP contribution in [-0.4, -0.2) is 32.6 Å². The van der Waals surface area contributed by atoms with Crippen molar-refractivity contribution in [2.75, 3.05) is 6.54 Å². The van der Waals surface area contributed by atoms with Gasteiger partial charge in [0.15, 0.2) is 0 Å². The molecule has 22 heavy (non-hydrogen) atoms. The quantitative estimate of drug-likeness (QED) is 0.760. The number of carbonyl (C=O) groups is 1. The van der Waals surface area contributed by atoms with E-state index < -0.39 is 11.2 Å². The van der Waals surface area contributed by atoms with Crippen LogP contribution < -0.4 is 22.3 Å². The van der Waals surface area contributed by atoms with Gasteiger partial charge in [-0.2, -0.15) is 0 Å². The molecule has 1 atom stereocenters. The van der Waals surface area contributed by atoms with Gasteiger partial charge in [0.1, 0.15) is 11.3 Å². The fourth-order valence-corrected chi connectivity index (χ4v) is 2.08. The van der Waals surface area contributed by atoms with Crippen molar-refractivity contribution in [3.05, 3.63) is 38.7 Å². The second-order valence-corrected chi connectivity index (χ2v) is 5.30. The maximum atomic E-state index is 12.0. The van der Waals surface area contributed by atoms with E-state index in [1.54, 1.807) is 0 Å². The number of carbonyl (C=O) groups excluding carboxylic acids is 1. The van der Waals surface area contributed by atoms with Gasteiger partial charge in [-0.05, 0) is 25.5 Å². The van der Waals surface area contributed by atoms with E-state index in [-0.39, 0.29) is 28.7 Å². The first-order chi connectivity index (χ1) is 10.3. The average Bonchev–Trinajstić information content (AvgIpc) is 2.49. The molecule has 0 aliphatic carbocycles. The van der Waals surface area contributed by atoms with Crippen molar-refractivity contribution in [3.8, 4) is 0 Å². The van der Waals surface area contributed by atoms with E-state index in [0.29, 0.717) is 13.0 Å². The molecule has 8 nitrogen and oxygen atoms in total. The monoisotopic (exact) mass is 305 g/mol. The highest BCUT2D eigenvalue weighted by atomic mass is 16.2. The number of pyridine rings is 1. The number of rotatable bonds is 4. The zero-order chi connectivity index (χ0) is 16.4. The van der Waals surface area contributed by atoms with Crippen LogP contribution in [0.4, 0.5) is 0 Å². The summed E-state index contributed by atoms with van der Waals surface area (Å²) in [5.74, 6) is -0.365. The van der Waals surface area contributed by atoms with Crippen LogP contribution in [0.15, 0.2) is 21.7 Å². The van der Waals surface area contributed by atoms with Crippen molar-refractivity contribution >= 4 is 16.9 Å². The average molecular weight is 305 g/mol. The van der Waals surface area contributed by atoms with Crippen molar-refractivity contribution in [1.29, 1.82) is 0 Å². The molecule has 1 unspecified atom stereocenters. The minimum atomic E-state index is -0.487. The molecule has 8 heteroatoms. The van der Waals surface area contributed by atoms with Crippen LogP contribution in [-0.2, 0) is 14.1 Å². The van der Waals surface area contributed by atoms with Crippen LogP contribution in [0.5, 0.6) is 0 Å². The Kier molecular flexibility index (Phi) is 4.41. The molecule has 118 valence electrons. The van der Waals surface area contributed by atoms with E-state index in [1.807, 2.05) is 6.92 Å². The maximum Gasteiger partial charge on any atom is 0.332 e. The van der Waals surface area contributed by atoms with Crippen molar-refractivity contribution in [3.63, 3.8) is 0 Å². The fraction of sp³-hybridized carbons (Fsp3) is 0.429. The number of fused-ring (bicyclic) bond motifs is 1. The highest BCUT2D eigenvalue weighted by Crippen LogP contribution is 2.06. The van der Waals surface area contributed by atoms with Crippen molar-refractivity contribution < 1.29 is 4.79 Å². The highest BCUT2D eigenvalue weighted by Gasteiger charge is 2.13. The Bertz CT molecular complexity index is 835. The van der Waals surface area contributed by atoms with Crippen LogP contribution in [0.25, 0.3) is 11.0 Å². The third-order valence-corrected chi connectivity index (χ3v) is 3.42. The number of nitrogens with one attached hydrogen (secondary N) is 1. The van der Waals surface area contributed by atoms with E-state index in [1.165, 1.54) is 30.8 Å². The number of aromatic nitrogens is 3. The Balaban J connectivity index is 2.41. The molecular weight excluding hydrogens is 286 g/mol. The Labute approximate surface area is 126 Å². The van der Waals surface area contributed by atoms with Crippen LogP contribution in [0, 0.1) is 0 Å². The van der Waals surface area contributed by atoms with Gasteiger partial charge < -0.3 is 11.1 Å². The lowest BCUT2D eigenvalue weighted by molar-refractivity contribution is 0.0948. The first-order valence-electron chi connectivity index (χ1n) is 6.93. The summed E-state index contributed by atoms with van der Waals surface area (Å²) in [4.78, 5) is 40.1. The van der Waals surface area contributed by atoms with Gasteiger partial charge >= 0.3 is 5.69 Å². The predicted molar refractivity (Wildman–Crippen MR) is 82.8 cm³/mol. The molecule has 2 aromatic rings. The number of hydrogen-bond acceptors (Lipinski definition) is 5. The molecule has 2 heterocycles. The molecule has 0 radical (unpaired) electrons. The number of aryl methyl sites for hydroxylation is 1. The van der Waals surface area contributed by atoms with Gasteiger partial charge in [-0.25, -0.2) is 9.78 Å². The molecule has 2 rings (SSSR count). The Morgan fingerprint density at radius 3 is 2.64 bits per heavy atom. The van der Waals surface area contributed by atoms with E-state index in [9.17, 15) is 14.4 Å². The Hall–Kier alpha value is -2.48. The third-order valence-electron chi connectivity index (χ3n) is 3.42. The summed E-state index contributed by atoms with van der Waals surface area (Å²) >= 11 is 0. The molecule has 0 saturated heterocycles. The zero-order valence-electron chi connectivity index (χ0n) is 12.8. The summed E-state index contributed by atoms with van der Waals surface area (Å²) < 4.78 is 2.25. The van der Waals surface area contributed by atoms with Crippen molar-refractivity contribution in [2.24, 2.45) is 19.8 Å². The Morgan fingerprint density at radius 2 is 2.00 bits per heavy atom. The lowest BCUT2D eigenvalue weighted by Gasteiger charge is -2.09. The molecule has 1 amide bonds. The standard InChI is InChI=1S/C14H19N5O3/c1-8(15)6-7-16-12(20)10-5-4-9-11(17-10)18(2)14(22)19(3)13(9)21/h4-5,8H,6-7,15H2,1-3H3,(H,16,20). The summed E-state index contributed by atoms with van der Waals surface area (Å²) in [6.45, 7) is 2.29. The van der Waals surface area contributed by atoms with Gasteiger partial charge in [0.2, 0.25) is 0 Å². The predicted octanol–water partition coefficient (Wildman–Crippen LogP) is -0.901. The maximum absolute atomic E-state index is 12.0. The number of hydrogen-bond donors (Lipinski definition) is 2. The van der Waals surface area contributed by atoms with Gasteiger partial charge in [-0.15, -0.1) is 0 Å². The molecule has 0 bridgehead atoms. The van der Waals surface area contributed by atoms with Gasteiger partial charge in [0.05, 0.1) is 5.39 Å². The normalized spacial score (nSPS) is 12.4. The number of nitrogens with two attached hydrogens (primary N) is 1. The largest absolute Gasteiger partial charge is 0.351 e. The molecule has 0 saturated carbocycles. The minimum absolute atomic E-state index is 0.00583. The molecule has 0 spiro atoms. The smallest absolute Gasteiger partial charge is 0.332 e. The van der Waals surface area contributed by atoms with Gasteiger partial charge in [-0.1, -0.05) is 0 Å². The summed E-state index contributed by atoms with van der Waals surface area (Å²) in [5, 5.41) is 2.99. The summed E-state index contributed by atoms with van der Waals surface area (Å²) in [6, 6.07) is 2.97. The van der Waals surface area contributed by atoms with Crippen LogP contribution in [0.1, 0.15) is 23.8 Å². The first kappa shape index (κ1) is 15.9. The second kappa shape index (κ2) is 6.10. The van der Waals surface area contributed by atoms with Crippen LogP contribution in [0.3, 0.4) is 0 Å². The molecule has 2 aromatic heterocycles. The van der Waals surface area contributed by atoms with Crippen molar-refractivity contribution in [1.82, 2.24) is 19.4 Å².